The van der Waals surface area contributed by atoms with Gasteiger partial charge < -0.3 is 0 Å². The third kappa shape index (κ3) is 12.4. The first-order chi connectivity index (χ1) is 7.61. The molecule has 0 rings (SSSR count). The maximum atomic E-state index is 3.91. The highest BCUT2D eigenvalue weighted by atomic mass is 13.9. The predicted molar refractivity (Wildman–Crippen MR) is 84.3 cm³/mol. The van der Waals surface area contributed by atoms with Gasteiger partial charge in [-0.1, -0.05) is 83.0 Å². The average Bonchev–Trinajstić information content (AvgIpc) is 2.34. The molecule has 0 aliphatic carbocycles. The Labute approximate surface area is 108 Å². The molecule has 0 N–H and O–H groups in total. The van der Waals surface area contributed by atoms with Crippen molar-refractivity contribution in [3.8, 4) is 0 Å². The lowest BCUT2D eigenvalue weighted by Gasteiger charge is -1.97. The summed E-state index contributed by atoms with van der Waals surface area (Å²) in [4.78, 5) is 0. The molecule has 0 aromatic heterocycles. The lowest BCUT2D eigenvalue weighted by molar-refractivity contribution is 1.46. The van der Waals surface area contributed by atoms with Crippen LogP contribution < -0.4 is 0 Å². The van der Waals surface area contributed by atoms with Crippen LogP contribution in [0.2, 0.25) is 0 Å². The van der Waals surface area contributed by atoms with E-state index < -0.39 is 0 Å². The molecule has 0 spiro atoms. The Kier molecular flexibility index (Phi) is 17.7. The van der Waals surface area contributed by atoms with Gasteiger partial charge in [0.15, 0.2) is 0 Å². The highest BCUT2D eigenvalue weighted by Gasteiger charge is 1.89. The summed E-state index contributed by atoms with van der Waals surface area (Å²) in [7, 11) is 0. The van der Waals surface area contributed by atoms with Crippen molar-refractivity contribution in [2.24, 2.45) is 0 Å². The Morgan fingerprint density at radius 1 is 0.941 bits per heavy atom. The molecule has 0 atom stereocenters. The van der Waals surface area contributed by atoms with E-state index in [0.717, 1.165) is 11.1 Å². The van der Waals surface area contributed by atoms with Gasteiger partial charge in [0.05, 0.1) is 0 Å². The third-order valence-electron chi connectivity index (χ3n) is 1.85. The molecule has 0 amide bonds. The standard InChI is InChI=1S/C14H18.C2H6.CH4/c1-6-8-9-13(4)14(5)11-10-12(3)7-2;1-2;/h6-11H,1,4-5H2,2-3H3;1-2H3;1H4/b9-8-,11-10-,12-7-;;. The molecule has 0 aromatic carbocycles. The second kappa shape index (κ2) is 14.4. The molecule has 0 aliphatic heterocycles. The van der Waals surface area contributed by atoms with Gasteiger partial charge in [0.1, 0.15) is 0 Å². The average molecular weight is 232 g/mol. The van der Waals surface area contributed by atoms with Crippen LogP contribution in [0.4, 0.5) is 0 Å². The number of hydrogen-bond donors (Lipinski definition) is 0. The predicted octanol–water partition coefficient (Wildman–Crippen LogP) is 6.03. The van der Waals surface area contributed by atoms with Crippen LogP contribution in [0.1, 0.15) is 35.1 Å². The van der Waals surface area contributed by atoms with Gasteiger partial charge in [-0.25, -0.2) is 0 Å². The Bertz CT molecular complexity index is 309. The van der Waals surface area contributed by atoms with Crippen molar-refractivity contribution in [2.45, 2.75) is 35.1 Å². The molecule has 0 aliphatic rings. The van der Waals surface area contributed by atoms with Gasteiger partial charge in [-0.2, -0.15) is 0 Å². The van der Waals surface area contributed by atoms with Crippen molar-refractivity contribution >= 4 is 0 Å². The minimum atomic E-state index is 0. The first-order valence-corrected chi connectivity index (χ1v) is 5.60. The van der Waals surface area contributed by atoms with E-state index in [0.29, 0.717) is 0 Å². The fourth-order valence-corrected chi connectivity index (χ4v) is 0.727. The Hall–Kier alpha value is -1.56. The van der Waals surface area contributed by atoms with E-state index in [2.05, 4.69) is 19.7 Å². The molecule has 0 nitrogen and oxygen atoms in total. The Balaban J connectivity index is -0.000000616. The molecule has 0 saturated heterocycles. The SMILES string of the molecule is C.C=C/C=C\C(=C)C(=C)/C=C\C(C)=C/C.CC. The molecule has 0 bridgehead atoms. The summed E-state index contributed by atoms with van der Waals surface area (Å²) in [5.74, 6) is 0. The zero-order valence-electron chi connectivity index (χ0n) is 11.1. The van der Waals surface area contributed by atoms with Crippen LogP contribution in [0.25, 0.3) is 0 Å². The van der Waals surface area contributed by atoms with Gasteiger partial charge in [-0.15, -0.1) is 0 Å². The molecule has 0 heteroatoms. The summed E-state index contributed by atoms with van der Waals surface area (Å²) < 4.78 is 0. The molecule has 0 aromatic rings. The van der Waals surface area contributed by atoms with Crippen molar-refractivity contribution in [2.75, 3.05) is 0 Å². The zero-order chi connectivity index (χ0) is 13.0. The molecule has 96 valence electrons. The summed E-state index contributed by atoms with van der Waals surface area (Å²) >= 11 is 0. The minimum Gasteiger partial charge on any atom is -0.0991 e. The number of rotatable bonds is 5. The topological polar surface area (TPSA) is 0 Å². The Morgan fingerprint density at radius 3 is 1.82 bits per heavy atom. The molecular weight excluding hydrogens is 204 g/mol. The van der Waals surface area contributed by atoms with E-state index in [9.17, 15) is 0 Å². The summed E-state index contributed by atoms with van der Waals surface area (Å²) in [6.07, 6.45) is 11.5. The lowest BCUT2D eigenvalue weighted by atomic mass is 10.1. The van der Waals surface area contributed by atoms with Crippen LogP contribution >= 0.6 is 0 Å². The maximum absolute atomic E-state index is 3.91. The summed E-state index contributed by atoms with van der Waals surface area (Å²) in [5.41, 5.74) is 3.04. The van der Waals surface area contributed by atoms with Crippen molar-refractivity contribution in [1.82, 2.24) is 0 Å². The van der Waals surface area contributed by atoms with Gasteiger partial charge in [0.25, 0.3) is 0 Å². The van der Waals surface area contributed by atoms with Crippen LogP contribution in [0.3, 0.4) is 0 Å². The highest BCUT2D eigenvalue weighted by molar-refractivity contribution is 5.44. The van der Waals surface area contributed by atoms with Gasteiger partial charge in [0, 0.05) is 0 Å². The second-order valence-electron chi connectivity index (χ2n) is 3.01. The zero-order valence-corrected chi connectivity index (χ0v) is 11.1. The quantitative estimate of drug-likeness (QED) is 0.508. The lowest BCUT2D eigenvalue weighted by Crippen LogP contribution is -1.78. The van der Waals surface area contributed by atoms with Gasteiger partial charge in [-0.3, -0.25) is 0 Å². The van der Waals surface area contributed by atoms with Gasteiger partial charge in [0.2, 0.25) is 0 Å². The smallest absolute Gasteiger partial charge is 0.0262 e. The molecule has 0 unspecified atom stereocenters. The maximum Gasteiger partial charge on any atom is -0.0262 e. The monoisotopic (exact) mass is 232 g/mol. The van der Waals surface area contributed by atoms with Crippen LogP contribution in [0, 0.1) is 0 Å². The molecule has 0 fully saturated rings. The second-order valence-corrected chi connectivity index (χ2v) is 3.01. The first kappa shape index (κ1) is 20.8. The number of hydrogen-bond acceptors (Lipinski definition) is 0. The third-order valence-corrected chi connectivity index (χ3v) is 1.85. The Morgan fingerprint density at radius 2 is 1.41 bits per heavy atom. The number of allylic oxidation sites excluding steroid dienone is 9. The first-order valence-electron chi connectivity index (χ1n) is 5.60. The van der Waals surface area contributed by atoms with E-state index in [-0.39, 0.29) is 7.43 Å². The van der Waals surface area contributed by atoms with Crippen molar-refractivity contribution in [3.63, 3.8) is 0 Å². The normalized spacial score (nSPS) is 10.5. The molecular formula is C17H28. The van der Waals surface area contributed by atoms with Crippen LogP contribution in [-0.4, -0.2) is 0 Å². The summed E-state index contributed by atoms with van der Waals surface area (Å²) in [5, 5.41) is 0. The van der Waals surface area contributed by atoms with Gasteiger partial charge >= 0.3 is 0 Å². The largest absolute Gasteiger partial charge is 0.0991 e. The van der Waals surface area contributed by atoms with E-state index >= 15 is 0 Å². The molecule has 0 saturated carbocycles. The fourth-order valence-electron chi connectivity index (χ4n) is 0.727. The fraction of sp³-hybridized carbons (Fsp3) is 0.294. The van der Waals surface area contributed by atoms with E-state index in [1.807, 2.05) is 58.1 Å². The van der Waals surface area contributed by atoms with Crippen molar-refractivity contribution in [3.05, 3.63) is 72.9 Å². The molecule has 17 heavy (non-hydrogen) atoms. The van der Waals surface area contributed by atoms with Gasteiger partial charge in [-0.05, 0) is 25.0 Å². The van der Waals surface area contributed by atoms with Crippen LogP contribution in [0.5, 0.6) is 0 Å². The van der Waals surface area contributed by atoms with E-state index in [1.54, 1.807) is 6.08 Å². The molecule has 0 radical (unpaired) electrons. The summed E-state index contributed by atoms with van der Waals surface area (Å²) in [6, 6.07) is 0. The van der Waals surface area contributed by atoms with E-state index in [1.165, 1.54) is 5.57 Å². The van der Waals surface area contributed by atoms with Crippen LogP contribution in [-0.2, 0) is 0 Å². The minimum absolute atomic E-state index is 0. The van der Waals surface area contributed by atoms with Crippen molar-refractivity contribution in [1.29, 1.82) is 0 Å². The summed E-state index contributed by atoms with van der Waals surface area (Å²) in [6.45, 7) is 19.5. The van der Waals surface area contributed by atoms with E-state index in [4.69, 9.17) is 0 Å². The highest BCUT2D eigenvalue weighted by Crippen LogP contribution is 2.09. The molecule has 0 heterocycles. The van der Waals surface area contributed by atoms with Crippen molar-refractivity contribution < 1.29 is 0 Å². The van der Waals surface area contributed by atoms with Crippen LogP contribution in [0.15, 0.2) is 72.9 Å².